The average Bonchev–Trinajstić information content (AvgIpc) is 2.91. The summed E-state index contributed by atoms with van der Waals surface area (Å²) in [5.74, 6) is 1.83. The topological polar surface area (TPSA) is 65.2 Å². The van der Waals surface area contributed by atoms with Gasteiger partial charge in [-0.05, 0) is 38.5 Å². The van der Waals surface area contributed by atoms with Gasteiger partial charge in [-0.2, -0.15) is 4.98 Å². The Labute approximate surface area is 126 Å². The summed E-state index contributed by atoms with van der Waals surface area (Å²) >= 11 is 0. The quantitative estimate of drug-likeness (QED) is 0.805. The van der Waals surface area contributed by atoms with Crippen molar-refractivity contribution in [1.82, 2.24) is 10.1 Å². The molecule has 0 radical (unpaired) electrons. The number of hydrogen-bond donors (Lipinski definition) is 0. The third-order valence-electron chi connectivity index (χ3n) is 4.35. The molecule has 1 aliphatic carbocycles. The lowest BCUT2D eigenvalue weighted by Crippen LogP contribution is -2.35. The molecule has 21 heavy (non-hydrogen) atoms. The molecule has 2 rings (SSSR count). The summed E-state index contributed by atoms with van der Waals surface area (Å²) in [5.41, 5.74) is -0.427. The minimum absolute atomic E-state index is 0.0169. The zero-order valence-corrected chi connectivity index (χ0v) is 13.5. The predicted molar refractivity (Wildman–Crippen MR) is 78.8 cm³/mol. The van der Waals surface area contributed by atoms with Crippen LogP contribution in [0.3, 0.4) is 0 Å². The van der Waals surface area contributed by atoms with E-state index in [1.54, 1.807) is 0 Å². The van der Waals surface area contributed by atoms with Gasteiger partial charge in [0.1, 0.15) is 11.4 Å². The first-order chi connectivity index (χ1) is 9.97. The normalized spacial score (nSPS) is 26.2. The summed E-state index contributed by atoms with van der Waals surface area (Å²) < 4.78 is 11.3. The Balaban J connectivity index is 2.14. The van der Waals surface area contributed by atoms with Crippen LogP contribution in [0.5, 0.6) is 0 Å². The highest BCUT2D eigenvalue weighted by atomic mass is 16.5. The van der Waals surface area contributed by atoms with Gasteiger partial charge in [0.25, 0.3) is 0 Å². The van der Waals surface area contributed by atoms with E-state index in [2.05, 4.69) is 17.1 Å². The Morgan fingerprint density at radius 3 is 2.67 bits per heavy atom. The molecule has 0 aromatic carbocycles. The van der Waals surface area contributed by atoms with Gasteiger partial charge in [-0.1, -0.05) is 25.9 Å². The Kier molecular flexibility index (Phi) is 5.14. The highest BCUT2D eigenvalue weighted by molar-refractivity contribution is 5.81. The van der Waals surface area contributed by atoms with Gasteiger partial charge in [-0.25, -0.2) is 0 Å². The first-order valence-corrected chi connectivity index (χ1v) is 7.96. The summed E-state index contributed by atoms with van der Waals surface area (Å²) in [7, 11) is 0. The molecule has 0 bridgehead atoms. The van der Waals surface area contributed by atoms with E-state index in [4.69, 9.17) is 9.26 Å². The molecule has 1 aromatic rings. The average molecular weight is 294 g/mol. The molecule has 5 heteroatoms. The maximum Gasteiger partial charge on any atom is 0.234 e. The molecule has 0 spiro atoms. The number of rotatable bonds is 6. The van der Waals surface area contributed by atoms with Crippen molar-refractivity contribution in [3.63, 3.8) is 0 Å². The van der Waals surface area contributed by atoms with Crippen LogP contribution in [0.4, 0.5) is 0 Å². The van der Waals surface area contributed by atoms with E-state index < -0.39 is 5.60 Å². The van der Waals surface area contributed by atoms with Crippen LogP contribution >= 0.6 is 0 Å². The lowest BCUT2D eigenvalue weighted by atomic mass is 9.79. The van der Waals surface area contributed by atoms with Crippen molar-refractivity contribution in [1.29, 1.82) is 0 Å². The van der Waals surface area contributed by atoms with Crippen LogP contribution in [0.15, 0.2) is 4.52 Å². The molecule has 1 fully saturated rings. The molecular formula is C16H26N2O3. The van der Waals surface area contributed by atoms with Crippen molar-refractivity contribution in [3.05, 3.63) is 11.7 Å². The summed E-state index contributed by atoms with van der Waals surface area (Å²) in [5, 5.41) is 4.10. The molecule has 1 aliphatic rings. The summed E-state index contributed by atoms with van der Waals surface area (Å²) in [6.45, 7) is 8.64. The minimum atomic E-state index is -0.427. The van der Waals surface area contributed by atoms with E-state index in [0.717, 1.165) is 25.7 Å². The molecule has 5 nitrogen and oxygen atoms in total. The van der Waals surface area contributed by atoms with Crippen molar-refractivity contribution >= 4 is 5.78 Å². The van der Waals surface area contributed by atoms with Gasteiger partial charge in [0, 0.05) is 12.5 Å². The van der Waals surface area contributed by atoms with Gasteiger partial charge < -0.3 is 9.26 Å². The Hall–Kier alpha value is -1.23. The number of ether oxygens (including phenoxy) is 1. The molecule has 0 unspecified atom stereocenters. The number of hydrogen-bond acceptors (Lipinski definition) is 5. The lowest BCUT2D eigenvalue weighted by molar-refractivity contribution is -0.121. The van der Waals surface area contributed by atoms with Crippen molar-refractivity contribution in [2.75, 3.05) is 6.61 Å². The summed E-state index contributed by atoms with van der Waals surface area (Å²) in [4.78, 5) is 16.2. The van der Waals surface area contributed by atoms with Crippen LogP contribution in [-0.4, -0.2) is 22.5 Å². The van der Waals surface area contributed by atoms with Gasteiger partial charge in [0.05, 0.1) is 6.42 Å². The number of nitrogens with zero attached hydrogens (tertiary/aromatic N) is 2. The molecular weight excluding hydrogens is 268 g/mol. The second-order valence-corrected chi connectivity index (χ2v) is 6.42. The summed E-state index contributed by atoms with van der Waals surface area (Å²) in [6, 6.07) is 0. The van der Waals surface area contributed by atoms with Crippen molar-refractivity contribution < 1.29 is 14.1 Å². The lowest BCUT2D eigenvalue weighted by Gasteiger charge is -2.36. The maximum atomic E-state index is 11.8. The number of Topliss-reactive ketones (excluding diaryl/α,β-unsaturated/α-hetero) is 1. The van der Waals surface area contributed by atoms with E-state index in [0.29, 0.717) is 24.2 Å². The van der Waals surface area contributed by atoms with Gasteiger partial charge in [0.15, 0.2) is 0 Å². The molecule has 118 valence electrons. The van der Waals surface area contributed by atoms with Crippen LogP contribution in [0.25, 0.3) is 0 Å². The van der Waals surface area contributed by atoms with Gasteiger partial charge in [0.2, 0.25) is 11.7 Å². The van der Waals surface area contributed by atoms with Crippen molar-refractivity contribution in [2.24, 2.45) is 11.8 Å². The van der Waals surface area contributed by atoms with Crippen molar-refractivity contribution in [3.8, 4) is 0 Å². The third-order valence-corrected chi connectivity index (χ3v) is 4.35. The molecule has 0 atom stereocenters. The van der Waals surface area contributed by atoms with Crippen LogP contribution < -0.4 is 0 Å². The third kappa shape index (κ3) is 3.70. The zero-order valence-electron chi connectivity index (χ0n) is 13.5. The smallest absolute Gasteiger partial charge is 0.234 e. The summed E-state index contributed by atoms with van der Waals surface area (Å²) in [6.07, 6.45) is 4.26. The van der Waals surface area contributed by atoms with Crippen LogP contribution in [0.2, 0.25) is 0 Å². The largest absolute Gasteiger partial charge is 0.367 e. The van der Waals surface area contributed by atoms with Crippen LogP contribution in [0.1, 0.15) is 65.1 Å². The fourth-order valence-electron chi connectivity index (χ4n) is 2.80. The fraction of sp³-hybridized carbons (Fsp3) is 0.812. The standard InChI is InChI=1S/C16H26N2O3/c1-5-20-16(8-6-12(4)7-9-16)15-17-14(21-18-15)10-13(19)11(2)3/h11-12H,5-10H2,1-4H3. The molecule has 0 saturated heterocycles. The minimum Gasteiger partial charge on any atom is -0.367 e. The molecule has 1 saturated carbocycles. The number of ketones is 1. The zero-order chi connectivity index (χ0) is 15.5. The Morgan fingerprint density at radius 2 is 2.10 bits per heavy atom. The van der Waals surface area contributed by atoms with Gasteiger partial charge >= 0.3 is 0 Å². The molecule has 0 N–H and O–H groups in total. The number of carbonyl (C=O) groups excluding carboxylic acids is 1. The van der Waals surface area contributed by atoms with E-state index >= 15 is 0 Å². The van der Waals surface area contributed by atoms with Crippen LogP contribution in [-0.2, 0) is 21.6 Å². The highest BCUT2D eigenvalue weighted by Crippen LogP contribution is 2.41. The molecule has 0 amide bonds. The molecule has 0 aliphatic heterocycles. The fourth-order valence-corrected chi connectivity index (χ4v) is 2.80. The van der Waals surface area contributed by atoms with Gasteiger partial charge in [-0.15, -0.1) is 0 Å². The van der Waals surface area contributed by atoms with E-state index in [1.165, 1.54) is 0 Å². The maximum absolute atomic E-state index is 11.8. The monoisotopic (exact) mass is 294 g/mol. The first kappa shape index (κ1) is 16.1. The predicted octanol–water partition coefficient (Wildman–Crippen LogP) is 3.28. The Morgan fingerprint density at radius 1 is 1.43 bits per heavy atom. The highest BCUT2D eigenvalue weighted by Gasteiger charge is 2.40. The van der Waals surface area contributed by atoms with Gasteiger partial charge in [-0.3, -0.25) is 4.79 Å². The Bertz CT molecular complexity index is 474. The molecule has 1 aromatic heterocycles. The second kappa shape index (κ2) is 6.69. The SMILES string of the molecule is CCOC1(c2noc(CC(=O)C(C)C)n2)CCC(C)CC1. The van der Waals surface area contributed by atoms with E-state index in [-0.39, 0.29) is 18.1 Å². The second-order valence-electron chi connectivity index (χ2n) is 6.42. The number of carbonyl (C=O) groups is 1. The number of aromatic nitrogens is 2. The van der Waals surface area contributed by atoms with E-state index in [1.807, 2.05) is 20.8 Å². The molecule has 1 heterocycles. The van der Waals surface area contributed by atoms with E-state index in [9.17, 15) is 4.79 Å². The first-order valence-electron chi connectivity index (χ1n) is 7.96. The van der Waals surface area contributed by atoms with Crippen molar-refractivity contribution in [2.45, 2.75) is 65.4 Å². The van der Waals surface area contributed by atoms with Crippen LogP contribution in [0, 0.1) is 11.8 Å².